The van der Waals surface area contributed by atoms with Crippen molar-refractivity contribution in [1.82, 2.24) is 0 Å². The minimum atomic E-state index is -0.560. The molecule has 0 fully saturated rings. The van der Waals surface area contributed by atoms with Crippen LogP contribution in [0.25, 0.3) is 0 Å². The summed E-state index contributed by atoms with van der Waals surface area (Å²) in [4.78, 5) is 11.1. The number of carbonyl (C=O) groups excluding carboxylic acids is 1. The van der Waals surface area contributed by atoms with Crippen LogP contribution in [0.1, 0.15) is 26.7 Å². The van der Waals surface area contributed by atoms with Gasteiger partial charge in [0.1, 0.15) is 5.78 Å². The molecule has 0 radical (unpaired) electrons. The maximum absolute atomic E-state index is 11.1. The molecule has 0 saturated carbocycles. The van der Waals surface area contributed by atoms with Crippen molar-refractivity contribution in [3.05, 3.63) is 0 Å². The molecule has 2 atom stereocenters. The molecule has 15 heavy (non-hydrogen) atoms. The molecule has 2 unspecified atom stereocenters. The predicted octanol–water partition coefficient (Wildman–Crippen LogP) is 1.02. The topological polar surface area (TPSA) is 55.8 Å². The molecule has 0 aliphatic carbocycles. The number of ether oxygens (including phenoxy) is 2. The highest BCUT2D eigenvalue weighted by Crippen LogP contribution is 2.12. The van der Waals surface area contributed by atoms with Crippen molar-refractivity contribution in [3.8, 4) is 0 Å². The van der Waals surface area contributed by atoms with Crippen molar-refractivity contribution >= 4 is 5.78 Å². The highest BCUT2D eigenvalue weighted by molar-refractivity contribution is 5.78. The van der Waals surface area contributed by atoms with Gasteiger partial charge in [-0.1, -0.05) is 6.92 Å². The highest BCUT2D eigenvalue weighted by Gasteiger charge is 2.16. The van der Waals surface area contributed by atoms with E-state index in [4.69, 9.17) is 9.47 Å². The molecule has 1 N–H and O–H groups in total. The molecular formula is C11H22O4. The summed E-state index contributed by atoms with van der Waals surface area (Å²) in [5, 5.41) is 9.58. The van der Waals surface area contributed by atoms with Crippen molar-refractivity contribution < 1.29 is 19.4 Å². The van der Waals surface area contributed by atoms with Gasteiger partial charge in [-0.2, -0.15) is 0 Å². The lowest BCUT2D eigenvalue weighted by Crippen LogP contribution is -2.23. The number of ketones is 1. The molecule has 0 saturated heterocycles. The van der Waals surface area contributed by atoms with E-state index in [-0.39, 0.29) is 18.3 Å². The van der Waals surface area contributed by atoms with E-state index in [9.17, 15) is 9.90 Å². The number of aliphatic hydroxyl groups is 1. The van der Waals surface area contributed by atoms with Gasteiger partial charge in [0.25, 0.3) is 0 Å². The Bertz CT molecular complexity index is 170. The molecule has 0 aromatic carbocycles. The number of hydrogen-bond donors (Lipinski definition) is 1. The average Bonchev–Trinajstić information content (AvgIpc) is 2.20. The molecule has 0 bridgehead atoms. The first-order chi connectivity index (χ1) is 7.11. The Kier molecular flexibility index (Phi) is 8.56. The summed E-state index contributed by atoms with van der Waals surface area (Å²) in [5.41, 5.74) is 0. The van der Waals surface area contributed by atoms with E-state index < -0.39 is 6.10 Å². The molecule has 0 aromatic rings. The minimum Gasteiger partial charge on any atom is -0.391 e. The van der Waals surface area contributed by atoms with E-state index >= 15 is 0 Å². The Hall–Kier alpha value is -0.450. The third-order valence-electron chi connectivity index (χ3n) is 2.37. The van der Waals surface area contributed by atoms with Crippen LogP contribution in [0.3, 0.4) is 0 Å². The first-order valence-electron chi connectivity index (χ1n) is 5.37. The predicted molar refractivity (Wildman–Crippen MR) is 57.8 cm³/mol. The van der Waals surface area contributed by atoms with Gasteiger partial charge in [0.15, 0.2) is 0 Å². The number of Topliss-reactive ketones (excluding diaryl/α,β-unsaturated/α-hetero) is 1. The molecule has 0 amide bonds. The van der Waals surface area contributed by atoms with Crippen LogP contribution in [0.15, 0.2) is 0 Å². The summed E-state index contributed by atoms with van der Waals surface area (Å²) in [5.74, 6) is 0.0828. The fraction of sp³-hybridized carbons (Fsp3) is 0.909. The smallest absolute Gasteiger partial charge is 0.132 e. The van der Waals surface area contributed by atoms with Gasteiger partial charge in [-0.25, -0.2) is 0 Å². The molecule has 0 aromatic heterocycles. The standard InChI is InChI=1S/C11H22O4/c1-4-10(9(2)12)7-11(13)8-15-6-5-14-3/h10-11,13H,4-8H2,1-3H3. The molecule has 0 aliphatic heterocycles. The first kappa shape index (κ1) is 14.6. The van der Waals surface area contributed by atoms with E-state index in [1.807, 2.05) is 6.92 Å². The number of aliphatic hydroxyl groups excluding tert-OH is 1. The third-order valence-corrected chi connectivity index (χ3v) is 2.37. The monoisotopic (exact) mass is 218 g/mol. The van der Waals surface area contributed by atoms with Gasteiger partial charge in [0.05, 0.1) is 25.9 Å². The number of carbonyl (C=O) groups is 1. The zero-order chi connectivity index (χ0) is 11.7. The van der Waals surface area contributed by atoms with Gasteiger partial charge in [0, 0.05) is 13.0 Å². The number of hydrogen-bond acceptors (Lipinski definition) is 4. The Labute approximate surface area is 91.6 Å². The Morgan fingerprint density at radius 1 is 1.40 bits per heavy atom. The van der Waals surface area contributed by atoms with Crippen molar-refractivity contribution in [3.63, 3.8) is 0 Å². The first-order valence-corrected chi connectivity index (χ1v) is 5.37. The summed E-state index contributed by atoms with van der Waals surface area (Å²) in [6.07, 6.45) is 0.694. The van der Waals surface area contributed by atoms with Crippen LogP contribution >= 0.6 is 0 Å². The second-order valence-corrected chi connectivity index (χ2v) is 3.67. The lowest BCUT2D eigenvalue weighted by atomic mass is 9.95. The van der Waals surface area contributed by atoms with Crippen LogP contribution in [0.5, 0.6) is 0 Å². The van der Waals surface area contributed by atoms with Crippen LogP contribution in [0.2, 0.25) is 0 Å². The molecule has 4 nitrogen and oxygen atoms in total. The van der Waals surface area contributed by atoms with Gasteiger partial charge < -0.3 is 14.6 Å². The molecule has 90 valence electrons. The maximum atomic E-state index is 11.1. The maximum Gasteiger partial charge on any atom is 0.132 e. The highest BCUT2D eigenvalue weighted by atomic mass is 16.5. The lowest BCUT2D eigenvalue weighted by molar-refractivity contribution is -0.122. The number of rotatable bonds is 9. The third kappa shape index (κ3) is 7.48. The summed E-state index contributed by atoms with van der Waals surface area (Å²) < 4.78 is 9.98. The van der Waals surface area contributed by atoms with Crippen molar-refractivity contribution in [2.75, 3.05) is 26.9 Å². The van der Waals surface area contributed by atoms with Crippen molar-refractivity contribution in [2.45, 2.75) is 32.8 Å². The quantitative estimate of drug-likeness (QED) is 0.587. The summed E-state index contributed by atoms with van der Waals surface area (Å²) in [6, 6.07) is 0. The van der Waals surface area contributed by atoms with E-state index in [1.165, 1.54) is 0 Å². The normalized spacial score (nSPS) is 14.9. The zero-order valence-electron chi connectivity index (χ0n) is 9.86. The van der Waals surface area contributed by atoms with Gasteiger partial charge in [0.2, 0.25) is 0 Å². The molecule has 0 aliphatic rings. The number of methoxy groups -OCH3 is 1. The average molecular weight is 218 g/mol. The summed E-state index contributed by atoms with van der Waals surface area (Å²) in [6.45, 7) is 4.78. The van der Waals surface area contributed by atoms with Gasteiger partial charge in [-0.05, 0) is 19.8 Å². The minimum absolute atomic E-state index is 0.0500. The largest absolute Gasteiger partial charge is 0.391 e. The Morgan fingerprint density at radius 2 is 2.07 bits per heavy atom. The van der Waals surface area contributed by atoms with Crippen LogP contribution in [-0.4, -0.2) is 43.9 Å². The van der Waals surface area contributed by atoms with E-state index in [0.29, 0.717) is 19.6 Å². The fourth-order valence-corrected chi connectivity index (χ4v) is 1.38. The molecule has 0 spiro atoms. The molecule has 4 heteroatoms. The molecule has 0 rings (SSSR count). The van der Waals surface area contributed by atoms with Gasteiger partial charge >= 0.3 is 0 Å². The second-order valence-electron chi connectivity index (χ2n) is 3.67. The van der Waals surface area contributed by atoms with E-state index in [0.717, 1.165) is 6.42 Å². The second kappa shape index (κ2) is 8.83. The SMILES string of the molecule is CCC(CC(O)COCCOC)C(C)=O. The molecule has 0 heterocycles. The summed E-state index contributed by atoms with van der Waals surface area (Å²) in [7, 11) is 1.60. The van der Waals surface area contributed by atoms with Gasteiger partial charge in [-0.3, -0.25) is 4.79 Å². The summed E-state index contributed by atoms with van der Waals surface area (Å²) >= 11 is 0. The van der Waals surface area contributed by atoms with Crippen LogP contribution in [-0.2, 0) is 14.3 Å². The van der Waals surface area contributed by atoms with Crippen molar-refractivity contribution in [2.24, 2.45) is 5.92 Å². The zero-order valence-corrected chi connectivity index (χ0v) is 9.86. The van der Waals surface area contributed by atoms with Crippen LogP contribution in [0.4, 0.5) is 0 Å². The molecular weight excluding hydrogens is 196 g/mol. The lowest BCUT2D eigenvalue weighted by Gasteiger charge is -2.16. The van der Waals surface area contributed by atoms with Gasteiger partial charge in [-0.15, -0.1) is 0 Å². The van der Waals surface area contributed by atoms with E-state index in [1.54, 1.807) is 14.0 Å². The fourth-order valence-electron chi connectivity index (χ4n) is 1.38. The van der Waals surface area contributed by atoms with Crippen LogP contribution < -0.4 is 0 Å². The van der Waals surface area contributed by atoms with Crippen molar-refractivity contribution in [1.29, 1.82) is 0 Å². The van der Waals surface area contributed by atoms with E-state index in [2.05, 4.69) is 0 Å². The Morgan fingerprint density at radius 3 is 2.53 bits per heavy atom. The Balaban J connectivity index is 3.62. The van der Waals surface area contributed by atoms with Crippen LogP contribution in [0, 0.1) is 5.92 Å².